The molecule has 0 aromatic heterocycles. The summed E-state index contributed by atoms with van der Waals surface area (Å²) < 4.78 is 5.90. The smallest absolute Gasteiger partial charge is 0.162 e. The molecule has 0 radical (unpaired) electrons. The molecule has 1 atom stereocenters. The Labute approximate surface area is 116 Å². The zero-order valence-corrected chi connectivity index (χ0v) is 12.1. The number of hydrogen-bond acceptors (Lipinski definition) is 3. The Morgan fingerprint density at radius 3 is 2.76 bits per heavy atom. The summed E-state index contributed by atoms with van der Waals surface area (Å²) in [5.41, 5.74) is 6.68. The molecule has 3 nitrogen and oxygen atoms in total. The summed E-state index contributed by atoms with van der Waals surface area (Å²) in [6, 6.07) is 3.30. The normalized spacial score (nSPS) is 11.5. The molecule has 0 heterocycles. The molecule has 0 amide bonds. The van der Waals surface area contributed by atoms with E-state index in [-0.39, 0.29) is 24.2 Å². The minimum absolute atomic E-state index is 0. The van der Waals surface area contributed by atoms with Crippen LogP contribution in [0.3, 0.4) is 0 Å². The minimum Gasteiger partial charge on any atom is -0.504 e. The number of halogens is 2. The molecule has 0 aliphatic rings. The first-order chi connectivity index (χ1) is 7.60. The third-order valence-electron chi connectivity index (χ3n) is 2.37. The van der Waals surface area contributed by atoms with Gasteiger partial charge >= 0.3 is 0 Å². The lowest BCUT2D eigenvalue weighted by Crippen LogP contribution is -2.10. The molecule has 0 saturated heterocycles. The van der Waals surface area contributed by atoms with Crippen LogP contribution in [-0.4, -0.2) is 12.2 Å². The predicted octanol–water partition coefficient (Wildman–Crippen LogP) is 3.55. The van der Waals surface area contributed by atoms with Crippen molar-refractivity contribution in [1.82, 2.24) is 0 Å². The number of hydrogen-bond donors (Lipinski definition) is 2. The summed E-state index contributed by atoms with van der Waals surface area (Å²) in [6.07, 6.45) is 3.37. The predicted molar refractivity (Wildman–Crippen MR) is 76.0 cm³/mol. The summed E-state index contributed by atoms with van der Waals surface area (Å²) in [5.74, 6) is 0.542. The lowest BCUT2D eigenvalue weighted by Gasteiger charge is -2.15. The van der Waals surface area contributed by atoms with E-state index < -0.39 is 0 Å². The van der Waals surface area contributed by atoms with Crippen LogP contribution in [0.4, 0.5) is 0 Å². The van der Waals surface area contributed by atoms with Gasteiger partial charge < -0.3 is 15.6 Å². The van der Waals surface area contributed by atoms with Gasteiger partial charge in [0.2, 0.25) is 0 Å². The number of rotatable bonds is 5. The van der Waals surface area contributed by atoms with Crippen molar-refractivity contribution in [3.8, 4) is 11.5 Å². The highest BCUT2D eigenvalue weighted by molar-refractivity contribution is 9.10. The number of benzene rings is 1. The van der Waals surface area contributed by atoms with Gasteiger partial charge in [0.1, 0.15) is 0 Å². The first-order valence-electron chi connectivity index (χ1n) is 5.03. The fraction of sp³-hybridized carbons (Fsp3) is 0.333. The Bertz CT molecular complexity index is 385. The van der Waals surface area contributed by atoms with Crippen LogP contribution in [0.1, 0.15) is 24.4 Å². The molecule has 1 aromatic carbocycles. The van der Waals surface area contributed by atoms with Crippen molar-refractivity contribution in [2.24, 2.45) is 5.73 Å². The zero-order chi connectivity index (χ0) is 12.1. The van der Waals surface area contributed by atoms with Crippen molar-refractivity contribution in [3.05, 3.63) is 34.8 Å². The Hall–Kier alpha value is -0.710. The molecular weight excluding hydrogens is 305 g/mol. The van der Waals surface area contributed by atoms with E-state index in [0.29, 0.717) is 11.3 Å². The van der Waals surface area contributed by atoms with Crippen molar-refractivity contribution in [2.45, 2.75) is 18.9 Å². The number of aromatic hydroxyl groups is 1. The third kappa shape index (κ3) is 4.22. The van der Waals surface area contributed by atoms with Gasteiger partial charge in [0, 0.05) is 16.1 Å². The highest BCUT2D eigenvalue weighted by Gasteiger charge is 2.15. The Kier molecular flexibility index (Phi) is 7.27. The van der Waals surface area contributed by atoms with Crippen molar-refractivity contribution in [3.63, 3.8) is 0 Å². The van der Waals surface area contributed by atoms with E-state index in [9.17, 15) is 5.11 Å². The van der Waals surface area contributed by atoms with E-state index in [1.54, 1.807) is 6.07 Å². The summed E-state index contributed by atoms with van der Waals surface area (Å²) in [6.45, 7) is 3.65. The monoisotopic (exact) mass is 321 g/mol. The molecule has 1 rings (SSSR count). The number of methoxy groups -OCH3 is 1. The topological polar surface area (TPSA) is 55.5 Å². The van der Waals surface area contributed by atoms with E-state index in [2.05, 4.69) is 22.5 Å². The fourth-order valence-electron chi connectivity index (χ4n) is 1.49. The maximum atomic E-state index is 9.93. The van der Waals surface area contributed by atoms with Crippen molar-refractivity contribution in [1.29, 1.82) is 0 Å². The second-order valence-electron chi connectivity index (χ2n) is 3.52. The molecule has 17 heavy (non-hydrogen) atoms. The molecule has 5 heteroatoms. The second kappa shape index (κ2) is 7.58. The highest BCUT2D eigenvalue weighted by atomic mass is 79.9. The van der Waals surface area contributed by atoms with Gasteiger partial charge in [0.05, 0.1) is 7.11 Å². The maximum absolute atomic E-state index is 9.93. The third-order valence-corrected chi connectivity index (χ3v) is 2.83. The molecule has 0 saturated carbocycles. The van der Waals surface area contributed by atoms with Gasteiger partial charge in [-0.3, -0.25) is 0 Å². The average Bonchev–Trinajstić information content (AvgIpc) is 2.28. The molecule has 0 spiro atoms. The van der Waals surface area contributed by atoms with E-state index in [4.69, 9.17) is 10.5 Å². The van der Waals surface area contributed by atoms with Crippen LogP contribution >= 0.6 is 28.3 Å². The molecule has 0 aliphatic carbocycles. The first kappa shape index (κ1) is 16.3. The molecule has 0 fully saturated rings. The van der Waals surface area contributed by atoms with Gasteiger partial charge in [-0.2, -0.15) is 0 Å². The van der Waals surface area contributed by atoms with Gasteiger partial charge in [-0.25, -0.2) is 0 Å². The lowest BCUT2D eigenvalue weighted by atomic mass is 10.0. The van der Waals surface area contributed by atoms with Crippen molar-refractivity contribution >= 4 is 28.3 Å². The molecule has 0 unspecified atom stereocenters. The molecule has 3 N–H and O–H groups in total. The lowest BCUT2D eigenvalue weighted by molar-refractivity contribution is 0.367. The number of phenols is 1. The molecule has 0 aliphatic heterocycles. The van der Waals surface area contributed by atoms with Crippen LogP contribution in [0.15, 0.2) is 29.3 Å². The van der Waals surface area contributed by atoms with Crippen LogP contribution < -0.4 is 10.5 Å². The van der Waals surface area contributed by atoms with Gasteiger partial charge in [0.25, 0.3) is 0 Å². The van der Waals surface area contributed by atoms with E-state index >= 15 is 0 Å². The number of phenolic OH excluding ortho intramolecular Hbond substituents is 1. The summed E-state index contributed by atoms with van der Waals surface area (Å²) in [5, 5.41) is 9.93. The Morgan fingerprint density at radius 1 is 1.59 bits per heavy atom. The summed E-state index contributed by atoms with van der Waals surface area (Å²) in [7, 11) is 1.51. The quantitative estimate of drug-likeness (QED) is 0.815. The molecule has 1 aromatic rings. The zero-order valence-electron chi connectivity index (χ0n) is 9.65. The van der Waals surface area contributed by atoms with Crippen LogP contribution in [0, 0.1) is 0 Å². The van der Waals surface area contributed by atoms with Crippen LogP contribution in [0.25, 0.3) is 0 Å². The largest absolute Gasteiger partial charge is 0.504 e. The van der Waals surface area contributed by atoms with Gasteiger partial charge in [-0.15, -0.1) is 19.0 Å². The minimum atomic E-state index is -0.218. The van der Waals surface area contributed by atoms with Crippen molar-refractivity contribution < 1.29 is 9.84 Å². The summed E-state index contributed by atoms with van der Waals surface area (Å²) in [4.78, 5) is 0. The highest BCUT2D eigenvalue weighted by Crippen LogP contribution is 2.37. The van der Waals surface area contributed by atoms with Gasteiger partial charge in [0.15, 0.2) is 11.5 Å². The number of nitrogens with two attached hydrogens (primary N) is 1. The average molecular weight is 323 g/mol. The summed E-state index contributed by atoms with van der Waals surface area (Å²) >= 11 is 3.36. The maximum Gasteiger partial charge on any atom is 0.162 e. The number of ether oxygens (including phenoxy) is 1. The Balaban J connectivity index is 0.00000256. The van der Waals surface area contributed by atoms with Crippen molar-refractivity contribution in [2.75, 3.05) is 7.11 Å². The van der Waals surface area contributed by atoms with Gasteiger partial charge in [-0.05, 0) is 25.0 Å². The van der Waals surface area contributed by atoms with E-state index in [1.165, 1.54) is 7.11 Å². The molecular formula is C12H17BrClNO2. The molecule has 0 bridgehead atoms. The standard InChI is InChI=1S/C12H16BrNO2.ClH/c1-3-4-5-10(14)9-6-8(13)7-11(16-2)12(9)15;/h3,6-7,10,15H,1,4-5,14H2,2H3;1H/t10-;/m0./s1. The van der Waals surface area contributed by atoms with E-state index in [1.807, 2.05) is 12.1 Å². The number of allylic oxidation sites excluding steroid dienone is 1. The van der Waals surface area contributed by atoms with E-state index in [0.717, 1.165) is 17.3 Å². The van der Waals surface area contributed by atoms with Crippen LogP contribution in [0.5, 0.6) is 11.5 Å². The molecule has 96 valence electrons. The fourth-order valence-corrected chi connectivity index (χ4v) is 1.94. The SMILES string of the molecule is C=CCC[C@H](N)c1cc(Br)cc(OC)c1O.Cl. The Morgan fingerprint density at radius 2 is 2.24 bits per heavy atom. The second-order valence-corrected chi connectivity index (χ2v) is 4.43. The van der Waals surface area contributed by atoms with Gasteiger partial charge in [-0.1, -0.05) is 22.0 Å². The van der Waals surface area contributed by atoms with Crippen LogP contribution in [0.2, 0.25) is 0 Å². The first-order valence-corrected chi connectivity index (χ1v) is 5.82. The van der Waals surface area contributed by atoms with Crippen LogP contribution in [-0.2, 0) is 0 Å².